The van der Waals surface area contributed by atoms with Crippen molar-refractivity contribution in [2.45, 2.75) is 32.8 Å². The Morgan fingerprint density at radius 1 is 1.39 bits per heavy atom. The molecular formula is C14H20N2O2. The Kier molecular flexibility index (Phi) is 3.75. The minimum absolute atomic E-state index is 0.0511. The molecule has 1 aliphatic rings. The maximum absolute atomic E-state index is 12.1. The number of aryl methyl sites for hydroxylation is 1. The quantitative estimate of drug-likeness (QED) is 0.832. The van der Waals surface area contributed by atoms with Gasteiger partial charge in [-0.05, 0) is 38.3 Å². The highest BCUT2D eigenvalue weighted by molar-refractivity contribution is 5.81. The first kappa shape index (κ1) is 12.7. The maximum atomic E-state index is 12.1. The normalized spacial score (nSPS) is 16.7. The van der Waals surface area contributed by atoms with Crippen molar-refractivity contribution in [1.82, 2.24) is 4.90 Å². The molecule has 0 aromatic heterocycles. The van der Waals surface area contributed by atoms with Gasteiger partial charge in [0.25, 0.3) is 5.91 Å². The Hall–Kier alpha value is -1.71. The molecule has 1 amide bonds. The van der Waals surface area contributed by atoms with Gasteiger partial charge < -0.3 is 15.4 Å². The molecule has 1 atom stereocenters. The highest BCUT2D eigenvalue weighted by Crippen LogP contribution is 2.27. The number of para-hydroxylation sites is 1. The average Bonchev–Trinajstić information content (AvgIpc) is 2.86. The number of hydrogen-bond donors (Lipinski definition) is 1. The van der Waals surface area contributed by atoms with Crippen LogP contribution in [0.25, 0.3) is 0 Å². The second kappa shape index (κ2) is 5.29. The number of carbonyl (C=O) groups excluding carboxylic acids is 1. The van der Waals surface area contributed by atoms with Crippen molar-refractivity contribution in [2.75, 3.05) is 18.8 Å². The van der Waals surface area contributed by atoms with E-state index >= 15 is 0 Å². The maximum Gasteiger partial charge on any atom is 0.263 e. The first-order valence-electron chi connectivity index (χ1n) is 6.40. The third-order valence-electron chi connectivity index (χ3n) is 3.30. The van der Waals surface area contributed by atoms with E-state index in [4.69, 9.17) is 10.5 Å². The van der Waals surface area contributed by atoms with E-state index in [-0.39, 0.29) is 5.91 Å². The molecule has 1 aromatic carbocycles. The van der Waals surface area contributed by atoms with Crippen LogP contribution in [0.1, 0.15) is 25.3 Å². The zero-order valence-corrected chi connectivity index (χ0v) is 11.0. The summed E-state index contributed by atoms with van der Waals surface area (Å²) >= 11 is 0. The first-order valence-corrected chi connectivity index (χ1v) is 6.40. The van der Waals surface area contributed by atoms with Gasteiger partial charge in [-0.15, -0.1) is 0 Å². The smallest absolute Gasteiger partial charge is 0.263 e. The van der Waals surface area contributed by atoms with Crippen LogP contribution in [-0.4, -0.2) is 30.0 Å². The number of benzene rings is 1. The lowest BCUT2D eigenvalue weighted by molar-refractivity contribution is -0.136. The van der Waals surface area contributed by atoms with Crippen molar-refractivity contribution >= 4 is 11.6 Å². The van der Waals surface area contributed by atoms with Crippen LogP contribution >= 0.6 is 0 Å². The van der Waals surface area contributed by atoms with Crippen molar-refractivity contribution in [2.24, 2.45) is 0 Å². The fraction of sp³-hybridized carbons (Fsp3) is 0.500. The molecule has 0 saturated carbocycles. The lowest BCUT2D eigenvalue weighted by Gasteiger charge is -2.22. The Labute approximate surface area is 108 Å². The highest BCUT2D eigenvalue weighted by Gasteiger charge is 2.25. The van der Waals surface area contributed by atoms with Crippen LogP contribution in [-0.2, 0) is 4.79 Å². The number of hydrogen-bond acceptors (Lipinski definition) is 3. The molecule has 1 aromatic rings. The van der Waals surface area contributed by atoms with Gasteiger partial charge in [0, 0.05) is 13.1 Å². The molecule has 2 N–H and O–H groups in total. The highest BCUT2D eigenvalue weighted by atomic mass is 16.5. The summed E-state index contributed by atoms with van der Waals surface area (Å²) in [5.74, 6) is 0.674. The zero-order chi connectivity index (χ0) is 13.1. The van der Waals surface area contributed by atoms with Gasteiger partial charge in [-0.1, -0.05) is 12.1 Å². The van der Waals surface area contributed by atoms with Crippen molar-refractivity contribution in [3.05, 3.63) is 23.8 Å². The molecule has 4 heteroatoms. The summed E-state index contributed by atoms with van der Waals surface area (Å²) in [6, 6.07) is 5.60. The molecule has 0 aliphatic carbocycles. The monoisotopic (exact) mass is 248 g/mol. The second-order valence-electron chi connectivity index (χ2n) is 4.79. The SMILES string of the molecule is Cc1cccc(N)c1OC(C)C(=O)N1CCCC1. The van der Waals surface area contributed by atoms with Crippen LogP contribution in [0.15, 0.2) is 18.2 Å². The Morgan fingerprint density at radius 2 is 2.06 bits per heavy atom. The Balaban J connectivity index is 2.06. The van der Waals surface area contributed by atoms with Crippen LogP contribution in [0.3, 0.4) is 0 Å². The Morgan fingerprint density at radius 3 is 2.67 bits per heavy atom. The fourth-order valence-corrected chi connectivity index (χ4v) is 2.26. The summed E-state index contributed by atoms with van der Waals surface area (Å²) in [6.07, 6.45) is 1.70. The summed E-state index contributed by atoms with van der Waals surface area (Å²) in [7, 11) is 0. The number of amides is 1. The molecule has 0 radical (unpaired) electrons. The molecule has 1 heterocycles. The van der Waals surface area contributed by atoms with Crippen LogP contribution in [0.4, 0.5) is 5.69 Å². The summed E-state index contributed by atoms with van der Waals surface area (Å²) < 4.78 is 5.73. The van der Waals surface area contributed by atoms with Gasteiger partial charge in [0.05, 0.1) is 5.69 Å². The lowest BCUT2D eigenvalue weighted by atomic mass is 10.2. The van der Waals surface area contributed by atoms with Gasteiger partial charge in [0.1, 0.15) is 5.75 Å². The molecule has 0 spiro atoms. The van der Waals surface area contributed by atoms with Gasteiger partial charge in [-0.3, -0.25) is 4.79 Å². The number of ether oxygens (including phenoxy) is 1. The van der Waals surface area contributed by atoms with Crippen LogP contribution in [0.5, 0.6) is 5.75 Å². The number of rotatable bonds is 3. The molecule has 1 saturated heterocycles. The Bertz CT molecular complexity index is 419. The average molecular weight is 248 g/mol. The molecule has 98 valence electrons. The van der Waals surface area contributed by atoms with Gasteiger partial charge in [0.15, 0.2) is 6.10 Å². The van der Waals surface area contributed by atoms with E-state index in [1.54, 1.807) is 13.0 Å². The summed E-state index contributed by atoms with van der Waals surface area (Å²) in [4.78, 5) is 14.0. The zero-order valence-electron chi connectivity index (χ0n) is 11.0. The molecular weight excluding hydrogens is 228 g/mol. The van der Waals surface area contributed by atoms with Crippen LogP contribution < -0.4 is 10.5 Å². The predicted octanol–water partition coefficient (Wildman–Crippen LogP) is 1.97. The van der Waals surface area contributed by atoms with Gasteiger partial charge in [0.2, 0.25) is 0 Å². The number of nitrogens with two attached hydrogens (primary N) is 1. The second-order valence-corrected chi connectivity index (χ2v) is 4.79. The molecule has 1 unspecified atom stereocenters. The van der Waals surface area contributed by atoms with E-state index in [1.807, 2.05) is 24.0 Å². The van der Waals surface area contributed by atoms with E-state index in [0.717, 1.165) is 31.5 Å². The molecule has 4 nitrogen and oxygen atoms in total. The van der Waals surface area contributed by atoms with Crippen molar-refractivity contribution in [3.63, 3.8) is 0 Å². The minimum atomic E-state index is -0.480. The van der Waals surface area contributed by atoms with E-state index in [1.165, 1.54) is 0 Å². The van der Waals surface area contributed by atoms with Crippen molar-refractivity contribution in [1.29, 1.82) is 0 Å². The summed E-state index contributed by atoms with van der Waals surface area (Å²) in [5, 5.41) is 0. The predicted molar refractivity (Wildman–Crippen MR) is 71.5 cm³/mol. The standard InChI is InChI=1S/C14H20N2O2/c1-10-6-5-7-12(15)13(10)18-11(2)14(17)16-8-3-4-9-16/h5-7,11H,3-4,8-9,15H2,1-2H3. The fourth-order valence-electron chi connectivity index (χ4n) is 2.26. The largest absolute Gasteiger partial charge is 0.478 e. The molecule has 1 aliphatic heterocycles. The first-order chi connectivity index (χ1) is 8.59. The number of carbonyl (C=O) groups is 1. The van der Waals surface area contributed by atoms with Crippen molar-refractivity contribution in [3.8, 4) is 5.75 Å². The number of anilines is 1. The summed E-state index contributed by atoms with van der Waals surface area (Å²) in [5.41, 5.74) is 7.41. The topological polar surface area (TPSA) is 55.6 Å². The van der Waals surface area contributed by atoms with Gasteiger partial charge >= 0.3 is 0 Å². The third kappa shape index (κ3) is 2.58. The molecule has 0 bridgehead atoms. The van der Waals surface area contributed by atoms with Gasteiger partial charge in [-0.25, -0.2) is 0 Å². The van der Waals surface area contributed by atoms with Crippen molar-refractivity contribution < 1.29 is 9.53 Å². The third-order valence-corrected chi connectivity index (χ3v) is 3.30. The van der Waals surface area contributed by atoms with Crippen LogP contribution in [0.2, 0.25) is 0 Å². The van der Waals surface area contributed by atoms with E-state index in [0.29, 0.717) is 11.4 Å². The number of nitrogens with zero attached hydrogens (tertiary/aromatic N) is 1. The minimum Gasteiger partial charge on any atom is -0.478 e. The van der Waals surface area contributed by atoms with E-state index in [9.17, 15) is 4.79 Å². The molecule has 2 rings (SSSR count). The van der Waals surface area contributed by atoms with Crippen LogP contribution in [0, 0.1) is 6.92 Å². The number of nitrogen functional groups attached to an aromatic ring is 1. The molecule has 18 heavy (non-hydrogen) atoms. The van der Waals surface area contributed by atoms with E-state index in [2.05, 4.69) is 0 Å². The summed E-state index contributed by atoms with van der Waals surface area (Å²) in [6.45, 7) is 5.40. The number of likely N-dealkylation sites (tertiary alicyclic amines) is 1. The van der Waals surface area contributed by atoms with E-state index < -0.39 is 6.10 Å². The molecule has 1 fully saturated rings. The van der Waals surface area contributed by atoms with Gasteiger partial charge in [-0.2, -0.15) is 0 Å². The lowest BCUT2D eigenvalue weighted by Crippen LogP contribution is -2.38.